The van der Waals surface area contributed by atoms with Crippen LogP contribution in [0, 0.1) is 0 Å². The number of esters is 1. The van der Waals surface area contributed by atoms with Crippen LogP contribution in [0.3, 0.4) is 0 Å². The van der Waals surface area contributed by atoms with E-state index in [1.165, 1.54) is 11.0 Å². The van der Waals surface area contributed by atoms with Crippen LogP contribution in [0.4, 0.5) is 0 Å². The maximum atomic E-state index is 12.2. The fourth-order valence-corrected chi connectivity index (χ4v) is 1.88. The van der Waals surface area contributed by atoms with E-state index in [0.717, 1.165) is 5.56 Å². The Hall–Kier alpha value is -2.07. The lowest BCUT2D eigenvalue weighted by Gasteiger charge is -2.18. The van der Waals surface area contributed by atoms with Crippen molar-refractivity contribution in [2.24, 2.45) is 0 Å². The molecule has 0 saturated heterocycles. The number of halogens is 1. The van der Waals surface area contributed by atoms with Gasteiger partial charge in [-0.2, -0.15) is 0 Å². The predicted molar refractivity (Wildman–Crippen MR) is 88.5 cm³/mol. The molecule has 22 heavy (non-hydrogen) atoms. The molecule has 4 nitrogen and oxygen atoms in total. The first-order valence-electron chi connectivity index (χ1n) is 7.06. The third kappa shape index (κ3) is 6.59. The summed E-state index contributed by atoms with van der Waals surface area (Å²) in [7, 11) is 0. The molecule has 1 amide bonds. The molecule has 0 spiro atoms. The van der Waals surface area contributed by atoms with Crippen LogP contribution in [0.2, 0.25) is 5.02 Å². The van der Waals surface area contributed by atoms with Crippen molar-refractivity contribution in [1.29, 1.82) is 0 Å². The number of hydrogen-bond acceptors (Lipinski definition) is 3. The first-order chi connectivity index (χ1) is 10.6. The third-order valence-corrected chi connectivity index (χ3v) is 3.09. The van der Waals surface area contributed by atoms with E-state index < -0.39 is 0 Å². The summed E-state index contributed by atoms with van der Waals surface area (Å²) in [5.74, 6) is -0.495. The lowest BCUT2D eigenvalue weighted by molar-refractivity contribution is -0.143. The molecule has 1 aromatic rings. The molecular formula is C17H20ClNO3. The van der Waals surface area contributed by atoms with Crippen LogP contribution in [0.15, 0.2) is 43.0 Å². The van der Waals surface area contributed by atoms with Gasteiger partial charge in [0.1, 0.15) is 0 Å². The lowest BCUT2D eigenvalue weighted by atomic mass is 10.2. The van der Waals surface area contributed by atoms with Crippen molar-refractivity contribution in [1.82, 2.24) is 4.90 Å². The third-order valence-electron chi connectivity index (χ3n) is 2.84. The molecule has 0 heterocycles. The van der Waals surface area contributed by atoms with E-state index in [9.17, 15) is 9.59 Å². The zero-order valence-corrected chi connectivity index (χ0v) is 13.4. The molecule has 0 fully saturated rings. The average molecular weight is 322 g/mol. The largest absolute Gasteiger partial charge is 0.466 e. The molecule has 118 valence electrons. The molecule has 0 N–H and O–H groups in total. The van der Waals surface area contributed by atoms with Gasteiger partial charge in [-0.05, 0) is 30.7 Å². The molecule has 0 aliphatic heterocycles. The van der Waals surface area contributed by atoms with Crippen molar-refractivity contribution in [3.8, 4) is 0 Å². The van der Waals surface area contributed by atoms with Gasteiger partial charge in [-0.1, -0.05) is 29.8 Å². The standard InChI is InChI=1S/C17H20ClNO3/c1-3-12-19(13-11-17(21)22-4-2)16(20)10-7-14-5-8-15(18)9-6-14/h3,5-10H,1,4,11-13H2,2H3/b10-7+. The van der Waals surface area contributed by atoms with Crippen molar-refractivity contribution in [3.63, 3.8) is 0 Å². The van der Waals surface area contributed by atoms with Gasteiger partial charge < -0.3 is 9.64 Å². The van der Waals surface area contributed by atoms with Gasteiger partial charge >= 0.3 is 5.97 Å². The zero-order chi connectivity index (χ0) is 16.4. The summed E-state index contributed by atoms with van der Waals surface area (Å²) in [6.07, 6.45) is 4.97. The maximum Gasteiger partial charge on any atom is 0.307 e. The minimum Gasteiger partial charge on any atom is -0.466 e. The van der Waals surface area contributed by atoms with Gasteiger partial charge in [0.25, 0.3) is 0 Å². The quantitative estimate of drug-likeness (QED) is 0.419. The average Bonchev–Trinajstić information content (AvgIpc) is 2.51. The highest BCUT2D eigenvalue weighted by Crippen LogP contribution is 2.11. The van der Waals surface area contributed by atoms with Crippen molar-refractivity contribution in [2.75, 3.05) is 19.7 Å². The van der Waals surface area contributed by atoms with Crippen LogP contribution in [-0.2, 0) is 14.3 Å². The van der Waals surface area contributed by atoms with Crippen molar-refractivity contribution >= 4 is 29.6 Å². The smallest absolute Gasteiger partial charge is 0.307 e. The normalized spacial score (nSPS) is 10.5. The molecule has 0 aliphatic rings. The fraction of sp³-hybridized carbons (Fsp3) is 0.294. The van der Waals surface area contributed by atoms with Crippen molar-refractivity contribution < 1.29 is 14.3 Å². The summed E-state index contributed by atoms with van der Waals surface area (Å²) >= 11 is 5.81. The van der Waals surface area contributed by atoms with E-state index in [2.05, 4.69) is 6.58 Å². The fourth-order valence-electron chi connectivity index (χ4n) is 1.75. The highest BCUT2D eigenvalue weighted by atomic mass is 35.5. The zero-order valence-electron chi connectivity index (χ0n) is 12.6. The monoisotopic (exact) mass is 321 g/mol. The van der Waals surface area contributed by atoms with E-state index in [1.807, 2.05) is 12.1 Å². The number of carbonyl (C=O) groups excluding carboxylic acids is 2. The predicted octanol–water partition coefficient (Wildman–Crippen LogP) is 3.32. The Balaban J connectivity index is 2.61. The van der Waals surface area contributed by atoms with Gasteiger partial charge in [0.15, 0.2) is 0 Å². The Labute approximate surface area is 136 Å². The second-order valence-electron chi connectivity index (χ2n) is 4.51. The Kier molecular flexibility index (Phi) is 8.00. The molecular weight excluding hydrogens is 302 g/mol. The Morgan fingerprint density at radius 3 is 2.59 bits per heavy atom. The molecule has 0 atom stereocenters. The van der Waals surface area contributed by atoms with Gasteiger partial charge in [-0.15, -0.1) is 6.58 Å². The van der Waals surface area contributed by atoms with E-state index >= 15 is 0 Å². The summed E-state index contributed by atoms with van der Waals surface area (Å²) in [5, 5.41) is 0.645. The van der Waals surface area contributed by atoms with E-state index in [0.29, 0.717) is 24.7 Å². The lowest BCUT2D eigenvalue weighted by Crippen LogP contribution is -2.32. The van der Waals surface area contributed by atoms with Gasteiger partial charge in [0, 0.05) is 24.2 Å². The molecule has 1 aromatic carbocycles. The number of ether oxygens (including phenoxy) is 1. The van der Waals surface area contributed by atoms with Gasteiger partial charge in [-0.25, -0.2) is 0 Å². The van der Waals surface area contributed by atoms with Crippen LogP contribution in [0.25, 0.3) is 6.08 Å². The van der Waals surface area contributed by atoms with Gasteiger partial charge in [-0.3, -0.25) is 9.59 Å². The number of nitrogens with zero attached hydrogens (tertiary/aromatic N) is 1. The van der Waals surface area contributed by atoms with Gasteiger partial charge in [0.05, 0.1) is 13.0 Å². The number of amides is 1. The molecule has 0 unspecified atom stereocenters. The van der Waals surface area contributed by atoms with Crippen LogP contribution < -0.4 is 0 Å². The molecule has 0 bridgehead atoms. The maximum absolute atomic E-state index is 12.2. The van der Waals surface area contributed by atoms with E-state index in [4.69, 9.17) is 16.3 Å². The van der Waals surface area contributed by atoms with Crippen LogP contribution in [0.5, 0.6) is 0 Å². The summed E-state index contributed by atoms with van der Waals surface area (Å²) in [6.45, 7) is 6.39. The minimum atomic E-state index is -0.314. The minimum absolute atomic E-state index is 0.169. The molecule has 5 heteroatoms. The Morgan fingerprint density at radius 1 is 1.32 bits per heavy atom. The molecule has 1 rings (SSSR count). The number of benzene rings is 1. The van der Waals surface area contributed by atoms with Crippen molar-refractivity contribution in [2.45, 2.75) is 13.3 Å². The van der Waals surface area contributed by atoms with Gasteiger partial charge in [0.2, 0.25) is 5.91 Å². The van der Waals surface area contributed by atoms with Crippen molar-refractivity contribution in [3.05, 3.63) is 53.6 Å². The molecule has 0 radical (unpaired) electrons. The summed E-state index contributed by atoms with van der Waals surface area (Å²) in [5.41, 5.74) is 0.877. The topological polar surface area (TPSA) is 46.6 Å². The molecule has 0 aromatic heterocycles. The van der Waals surface area contributed by atoms with E-state index in [-0.39, 0.29) is 18.3 Å². The first-order valence-corrected chi connectivity index (χ1v) is 7.43. The molecule has 0 aliphatic carbocycles. The highest BCUT2D eigenvalue weighted by molar-refractivity contribution is 6.30. The number of rotatable bonds is 8. The summed E-state index contributed by atoms with van der Waals surface area (Å²) < 4.78 is 4.86. The SMILES string of the molecule is C=CCN(CCC(=O)OCC)C(=O)/C=C/c1ccc(Cl)cc1. The Bertz CT molecular complexity index is 537. The number of carbonyl (C=O) groups is 2. The van der Waals surface area contributed by atoms with E-state index in [1.54, 1.807) is 31.2 Å². The summed E-state index contributed by atoms with van der Waals surface area (Å²) in [4.78, 5) is 25.1. The number of hydrogen-bond donors (Lipinski definition) is 0. The second-order valence-corrected chi connectivity index (χ2v) is 4.95. The van der Waals surface area contributed by atoms with Crippen LogP contribution in [-0.4, -0.2) is 36.5 Å². The summed E-state index contributed by atoms with van der Waals surface area (Å²) in [6, 6.07) is 7.16. The van der Waals surface area contributed by atoms with Crippen LogP contribution in [0.1, 0.15) is 18.9 Å². The Morgan fingerprint density at radius 2 is 2.00 bits per heavy atom. The molecule has 0 saturated carbocycles. The first kappa shape index (κ1) is 18.0. The highest BCUT2D eigenvalue weighted by Gasteiger charge is 2.11. The van der Waals surface area contributed by atoms with Crippen LogP contribution >= 0.6 is 11.6 Å². The second kappa shape index (κ2) is 9.79.